The lowest BCUT2D eigenvalue weighted by Crippen LogP contribution is -2.57. The van der Waals surface area contributed by atoms with Gasteiger partial charge in [0.15, 0.2) is 0 Å². The van der Waals surface area contributed by atoms with Crippen molar-refractivity contribution in [2.24, 2.45) is 23.2 Å². The van der Waals surface area contributed by atoms with Crippen LogP contribution in [0.3, 0.4) is 0 Å². The fourth-order valence-corrected chi connectivity index (χ4v) is 7.42. The molecule has 166 valence electrons. The third kappa shape index (κ3) is 3.26. The van der Waals surface area contributed by atoms with Gasteiger partial charge in [0, 0.05) is 6.04 Å². The van der Waals surface area contributed by atoms with Crippen LogP contribution < -0.4 is 10.6 Å². The second-order valence-electron chi connectivity index (χ2n) is 10.5. The number of nitrogens with one attached hydrogen (secondary N) is 2. The minimum Gasteiger partial charge on any atom is -0.352 e. The van der Waals surface area contributed by atoms with Crippen LogP contribution in [0.1, 0.15) is 64.4 Å². The molecular formula is C25H33N3O3. The number of carbonyl (C=O) groups excluding carboxylic acids is 3. The van der Waals surface area contributed by atoms with Gasteiger partial charge in [0.1, 0.15) is 12.1 Å². The van der Waals surface area contributed by atoms with Gasteiger partial charge in [-0.3, -0.25) is 14.5 Å². The first kappa shape index (κ1) is 20.5. The predicted octanol–water partition coefficient (Wildman–Crippen LogP) is 3.56. The minimum absolute atomic E-state index is 0.0687. The third-order valence-electron chi connectivity index (χ3n) is 8.66. The number of amides is 4. The van der Waals surface area contributed by atoms with E-state index < -0.39 is 11.6 Å². The van der Waals surface area contributed by atoms with Crippen molar-refractivity contribution in [3.63, 3.8) is 0 Å². The van der Waals surface area contributed by atoms with Crippen LogP contribution in [0, 0.1) is 23.2 Å². The smallest absolute Gasteiger partial charge is 0.325 e. The van der Waals surface area contributed by atoms with Crippen LogP contribution >= 0.6 is 0 Å². The summed E-state index contributed by atoms with van der Waals surface area (Å²) in [5.74, 6) is 1.85. The van der Waals surface area contributed by atoms with Crippen molar-refractivity contribution in [1.29, 1.82) is 0 Å². The summed E-state index contributed by atoms with van der Waals surface area (Å²) in [5.41, 5.74) is -0.149. The fraction of sp³-hybridized carbons (Fsp3) is 0.640. The Hall–Kier alpha value is -2.37. The molecule has 0 spiro atoms. The molecule has 4 bridgehead atoms. The molecule has 2 N–H and O–H groups in total. The van der Waals surface area contributed by atoms with Crippen molar-refractivity contribution in [3.8, 4) is 0 Å². The molecule has 4 saturated carbocycles. The molecule has 0 aromatic heterocycles. The Labute approximate surface area is 184 Å². The Morgan fingerprint density at radius 1 is 1.10 bits per heavy atom. The summed E-state index contributed by atoms with van der Waals surface area (Å²) in [5, 5.41) is 6.04. The van der Waals surface area contributed by atoms with Crippen LogP contribution in [0.5, 0.6) is 0 Å². The molecule has 6 nitrogen and oxygen atoms in total. The standard InChI is InChI=1S/C25H33N3O3/c1-3-25(20-7-5-4-6-8-20)22(30)28(23(31)27-25)15-21(29)26-16(2)24-12-17-9-18(13-24)11-19(10-17)14-24/h4-8,16-19H,3,9-15H2,1-2H3,(H,26,29)(H,27,31)/t16-,17?,18?,19?,24?,25-/m0/s1. The van der Waals surface area contributed by atoms with E-state index in [9.17, 15) is 14.4 Å². The summed E-state index contributed by atoms with van der Waals surface area (Å²) in [7, 11) is 0. The van der Waals surface area contributed by atoms with E-state index in [1.165, 1.54) is 38.5 Å². The van der Waals surface area contributed by atoms with E-state index >= 15 is 0 Å². The van der Waals surface area contributed by atoms with Gasteiger partial charge < -0.3 is 10.6 Å². The molecule has 1 aliphatic heterocycles. The van der Waals surface area contributed by atoms with Gasteiger partial charge >= 0.3 is 6.03 Å². The first-order valence-electron chi connectivity index (χ1n) is 11.8. The van der Waals surface area contributed by atoms with Gasteiger partial charge in [-0.2, -0.15) is 0 Å². The Kier molecular flexibility index (Phi) is 4.87. The summed E-state index contributed by atoms with van der Waals surface area (Å²) >= 11 is 0. The highest BCUT2D eigenvalue weighted by Crippen LogP contribution is 2.61. The highest BCUT2D eigenvalue weighted by atomic mass is 16.2. The van der Waals surface area contributed by atoms with Crippen LogP contribution in [0.15, 0.2) is 30.3 Å². The number of carbonyl (C=O) groups is 3. The van der Waals surface area contributed by atoms with Gasteiger partial charge in [-0.1, -0.05) is 37.3 Å². The molecule has 5 aliphatic rings. The van der Waals surface area contributed by atoms with Crippen molar-refractivity contribution in [3.05, 3.63) is 35.9 Å². The lowest BCUT2D eigenvalue weighted by molar-refractivity contribution is -0.136. The van der Waals surface area contributed by atoms with E-state index in [2.05, 4.69) is 17.6 Å². The molecule has 1 heterocycles. The number of imide groups is 1. The minimum atomic E-state index is -1.09. The average Bonchev–Trinajstić information content (AvgIpc) is 2.98. The van der Waals surface area contributed by atoms with E-state index in [1.807, 2.05) is 37.3 Å². The molecule has 1 aromatic rings. The lowest BCUT2D eigenvalue weighted by Gasteiger charge is -2.59. The second-order valence-corrected chi connectivity index (χ2v) is 10.5. The highest BCUT2D eigenvalue weighted by Gasteiger charge is 2.54. The van der Waals surface area contributed by atoms with Crippen molar-refractivity contribution >= 4 is 17.8 Å². The molecule has 6 heteroatoms. The van der Waals surface area contributed by atoms with Gasteiger partial charge in [-0.05, 0) is 80.6 Å². The molecule has 0 radical (unpaired) electrons. The maximum atomic E-state index is 13.3. The zero-order valence-corrected chi connectivity index (χ0v) is 18.5. The zero-order chi connectivity index (χ0) is 21.8. The fourth-order valence-electron chi connectivity index (χ4n) is 7.42. The number of hydrogen-bond donors (Lipinski definition) is 2. The molecule has 1 saturated heterocycles. The maximum absolute atomic E-state index is 13.3. The van der Waals surface area contributed by atoms with Crippen molar-refractivity contribution in [2.45, 2.75) is 70.4 Å². The van der Waals surface area contributed by atoms with Gasteiger partial charge in [-0.15, -0.1) is 0 Å². The van der Waals surface area contributed by atoms with E-state index in [0.29, 0.717) is 6.42 Å². The average molecular weight is 424 g/mol. The molecule has 1 aromatic carbocycles. The number of benzene rings is 1. The summed E-state index contributed by atoms with van der Waals surface area (Å²) in [4.78, 5) is 40.0. The van der Waals surface area contributed by atoms with Crippen molar-refractivity contribution < 1.29 is 14.4 Å². The first-order chi connectivity index (χ1) is 14.8. The largest absolute Gasteiger partial charge is 0.352 e. The Bertz CT molecular complexity index is 863. The first-order valence-corrected chi connectivity index (χ1v) is 11.8. The van der Waals surface area contributed by atoms with Crippen LogP contribution in [0.4, 0.5) is 4.79 Å². The maximum Gasteiger partial charge on any atom is 0.325 e. The summed E-state index contributed by atoms with van der Waals surface area (Å²) in [6, 6.07) is 8.86. The highest BCUT2D eigenvalue weighted by molar-refractivity contribution is 6.09. The molecule has 4 aliphatic carbocycles. The third-order valence-corrected chi connectivity index (χ3v) is 8.66. The molecule has 2 atom stereocenters. The monoisotopic (exact) mass is 423 g/mol. The summed E-state index contributed by atoms with van der Waals surface area (Å²) < 4.78 is 0. The van der Waals surface area contributed by atoms with Crippen LogP contribution in [-0.4, -0.2) is 35.3 Å². The van der Waals surface area contributed by atoms with E-state index in [0.717, 1.165) is 28.2 Å². The van der Waals surface area contributed by atoms with Gasteiger partial charge in [0.2, 0.25) is 5.91 Å². The van der Waals surface area contributed by atoms with Crippen LogP contribution in [0.25, 0.3) is 0 Å². The van der Waals surface area contributed by atoms with Crippen molar-refractivity contribution in [2.75, 3.05) is 6.54 Å². The molecule has 4 amide bonds. The van der Waals surface area contributed by atoms with Crippen LogP contribution in [-0.2, 0) is 15.1 Å². The van der Waals surface area contributed by atoms with Crippen LogP contribution in [0.2, 0.25) is 0 Å². The Balaban J connectivity index is 1.27. The SMILES string of the molecule is CC[C@@]1(c2ccccc2)NC(=O)N(CC(=O)N[C@@H](C)C23CC4CC(CC(C4)C2)C3)C1=O. The Morgan fingerprint density at radius 2 is 1.68 bits per heavy atom. The quantitative estimate of drug-likeness (QED) is 0.687. The number of rotatable bonds is 6. The second kappa shape index (κ2) is 7.35. The van der Waals surface area contributed by atoms with Crippen molar-refractivity contribution in [1.82, 2.24) is 15.5 Å². The number of hydrogen-bond acceptors (Lipinski definition) is 3. The molecule has 0 unspecified atom stereocenters. The van der Waals surface area contributed by atoms with E-state index in [-0.39, 0.29) is 29.8 Å². The predicted molar refractivity (Wildman–Crippen MR) is 117 cm³/mol. The molecule has 6 rings (SSSR count). The van der Waals surface area contributed by atoms with E-state index in [1.54, 1.807) is 0 Å². The topological polar surface area (TPSA) is 78.5 Å². The van der Waals surface area contributed by atoms with E-state index in [4.69, 9.17) is 0 Å². The summed E-state index contributed by atoms with van der Waals surface area (Å²) in [6.07, 6.45) is 8.13. The molecule has 31 heavy (non-hydrogen) atoms. The summed E-state index contributed by atoms with van der Waals surface area (Å²) in [6.45, 7) is 3.77. The Morgan fingerprint density at radius 3 is 2.23 bits per heavy atom. The van der Waals surface area contributed by atoms with Gasteiger partial charge in [-0.25, -0.2) is 4.79 Å². The van der Waals surface area contributed by atoms with Gasteiger partial charge in [0.05, 0.1) is 0 Å². The molecular weight excluding hydrogens is 390 g/mol. The number of urea groups is 1. The normalized spacial score (nSPS) is 37.1. The molecule has 5 fully saturated rings. The van der Waals surface area contributed by atoms with Gasteiger partial charge in [0.25, 0.3) is 5.91 Å². The number of nitrogens with zero attached hydrogens (tertiary/aromatic N) is 1. The zero-order valence-electron chi connectivity index (χ0n) is 18.5. The lowest BCUT2D eigenvalue weighted by atomic mass is 9.48.